The molecule has 0 bridgehead atoms. The highest BCUT2D eigenvalue weighted by atomic mass is 16.2. The summed E-state index contributed by atoms with van der Waals surface area (Å²) in [6.45, 7) is 0.797. The van der Waals surface area contributed by atoms with E-state index in [0.717, 1.165) is 0 Å². The van der Waals surface area contributed by atoms with Gasteiger partial charge in [-0.2, -0.15) is 0 Å². The normalized spacial score (nSPS) is 18.0. The molecule has 2 aromatic rings. The molecule has 1 aliphatic rings. The third-order valence-electron chi connectivity index (χ3n) is 4.59. The van der Waals surface area contributed by atoms with Crippen LogP contribution in [0.15, 0.2) is 54.6 Å². The first-order valence-corrected chi connectivity index (χ1v) is 8.91. The molecular weight excluding hydrogens is 390 g/mol. The van der Waals surface area contributed by atoms with E-state index in [1.165, 1.54) is 25.1 Å². The quantitative estimate of drug-likeness (QED) is 0.541. The molecule has 10 nitrogen and oxygen atoms in total. The lowest BCUT2D eigenvalue weighted by molar-refractivity contribution is -0.134. The van der Waals surface area contributed by atoms with E-state index in [4.69, 9.17) is 5.73 Å². The minimum absolute atomic E-state index is 0.171. The lowest BCUT2D eigenvalue weighted by Crippen LogP contribution is -2.45. The molecule has 2 aromatic carbocycles. The number of nitrogens with zero attached hydrogens (tertiary/aromatic N) is 1. The van der Waals surface area contributed by atoms with E-state index in [1.807, 2.05) is 0 Å². The molecule has 1 aliphatic heterocycles. The second-order valence-corrected chi connectivity index (χ2v) is 6.76. The molecule has 0 aromatic heterocycles. The summed E-state index contributed by atoms with van der Waals surface area (Å²) in [4.78, 5) is 61.4. The Morgan fingerprint density at radius 2 is 1.77 bits per heavy atom. The van der Waals surface area contributed by atoms with Crippen LogP contribution in [-0.4, -0.2) is 41.2 Å². The summed E-state index contributed by atoms with van der Waals surface area (Å²) in [5.41, 5.74) is 4.76. The molecule has 1 unspecified atom stereocenters. The van der Waals surface area contributed by atoms with Crippen molar-refractivity contribution in [2.24, 2.45) is 5.73 Å². The van der Waals surface area contributed by atoms with Crippen LogP contribution in [0.5, 0.6) is 0 Å². The predicted molar refractivity (Wildman–Crippen MR) is 106 cm³/mol. The molecular formula is C20H19N5O5. The predicted octanol–water partition coefficient (Wildman–Crippen LogP) is 0.901. The van der Waals surface area contributed by atoms with Crippen molar-refractivity contribution in [3.05, 3.63) is 65.7 Å². The Hall–Kier alpha value is -4.21. The monoisotopic (exact) mass is 409 g/mol. The van der Waals surface area contributed by atoms with Crippen LogP contribution in [0, 0.1) is 0 Å². The van der Waals surface area contributed by atoms with Crippen LogP contribution in [-0.2, 0) is 15.1 Å². The lowest BCUT2D eigenvalue weighted by Gasteiger charge is -2.22. The molecule has 0 saturated carbocycles. The lowest BCUT2D eigenvalue weighted by atomic mass is 9.90. The molecule has 10 heteroatoms. The van der Waals surface area contributed by atoms with Gasteiger partial charge in [-0.15, -0.1) is 0 Å². The van der Waals surface area contributed by atoms with E-state index in [2.05, 4.69) is 16.0 Å². The number of carbonyl (C=O) groups excluding carboxylic acids is 5. The molecule has 30 heavy (non-hydrogen) atoms. The number of nitrogens with two attached hydrogens (primary N) is 1. The standard InChI is InChI=1S/C20H19N5O5/c1-20(13-7-5-6-12(10-13)16(21)27)17(28)25(19(30)24-20)11-15(26)23-18(29)22-14-8-3-2-4-9-14/h2-10H,11H2,1H3,(H2,21,27)(H,24,30)(H2,22,23,26,29). The molecule has 1 atom stereocenters. The van der Waals surface area contributed by atoms with Gasteiger partial charge in [0.25, 0.3) is 5.91 Å². The molecule has 1 saturated heterocycles. The maximum absolute atomic E-state index is 12.9. The van der Waals surface area contributed by atoms with Crippen LogP contribution in [0.4, 0.5) is 15.3 Å². The summed E-state index contributed by atoms with van der Waals surface area (Å²) in [5.74, 6) is -2.23. The molecule has 5 N–H and O–H groups in total. The van der Waals surface area contributed by atoms with Gasteiger partial charge in [0.2, 0.25) is 11.8 Å². The van der Waals surface area contributed by atoms with Crippen molar-refractivity contribution in [2.75, 3.05) is 11.9 Å². The summed E-state index contributed by atoms with van der Waals surface area (Å²) in [6, 6.07) is 12.8. The SMILES string of the molecule is CC1(c2cccc(C(N)=O)c2)NC(=O)N(CC(=O)NC(=O)Nc2ccccc2)C1=O. The molecule has 3 rings (SSSR count). The molecule has 0 spiro atoms. The number of rotatable bonds is 5. The number of anilines is 1. The van der Waals surface area contributed by atoms with Crippen LogP contribution in [0.2, 0.25) is 0 Å². The summed E-state index contributed by atoms with van der Waals surface area (Å²) in [6.07, 6.45) is 0. The average molecular weight is 409 g/mol. The van der Waals surface area contributed by atoms with Crippen molar-refractivity contribution in [3.8, 4) is 0 Å². The van der Waals surface area contributed by atoms with E-state index in [0.29, 0.717) is 16.2 Å². The number of hydrogen-bond acceptors (Lipinski definition) is 5. The third kappa shape index (κ3) is 4.12. The fourth-order valence-corrected chi connectivity index (χ4v) is 3.01. The van der Waals surface area contributed by atoms with Gasteiger partial charge in [-0.05, 0) is 36.8 Å². The minimum Gasteiger partial charge on any atom is -0.366 e. The van der Waals surface area contributed by atoms with E-state index in [-0.39, 0.29) is 5.56 Å². The summed E-state index contributed by atoms with van der Waals surface area (Å²) in [7, 11) is 0. The molecule has 7 amide bonds. The number of amides is 7. The topological polar surface area (TPSA) is 151 Å². The largest absolute Gasteiger partial charge is 0.366 e. The Bertz CT molecular complexity index is 1040. The van der Waals surface area contributed by atoms with Gasteiger partial charge < -0.3 is 16.4 Å². The van der Waals surface area contributed by atoms with Crippen molar-refractivity contribution in [1.82, 2.24) is 15.5 Å². The number of benzene rings is 2. The maximum Gasteiger partial charge on any atom is 0.325 e. The third-order valence-corrected chi connectivity index (χ3v) is 4.59. The second kappa shape index (κ2) is 8.03. The van der Waals surface area contributed by atoms with Gasteiger partial charge in [-0.25, -0.2) is 9.59 Å². The van der Waals surface area contributed by atoms with E-state index in [9.17, 15) is 24.0 Å². The van der Waals surface area contributed by atoms with Gasteiger partial charge in [0.15, 0.2) is 0 Å². The van der Waals surface area contributed by atoms with Gasteiger partial charge >= 0.3 is 12.1 Å². The van der Waals surface area contributed by atoms with Gasteiger partial charge in [0.05, 0.1) is 0 Å². The van der Waals surface area contributed by atoms with Crippen molar-refractivity contribution in [1.29, 1.82) is 0 Å². The molecule has 1 heterocycles. The zero-order valence-corrected chi connectivity index (χ0v) is 16.0. The highest BCUT2D eigenvalue weighted by molar-refractivity contribution is 6.11. The first kappa shape index (κ1) is 20.5. The van der Waals surface area contributed by atoms with E-state index in [1.54, 1.807) is 36.4 Å². The van der Waals surface area contributed by atoms with Crippen LogP contribution in [0.1, 0.15) is 22.8 Å². The van der Waals surface area contributed by atoms with Crippen LogP contribution in [0.3, 0.4) is 0 Å². The number of carbonyl (C=O) groups is 5. The zero-order chi connectivity index (χ0) is 21.9. The first-order chi connectivity index (χ1) is 14.2. The van der Waals surface area contributed by atoms with Crippen LogP contribution >= 0.6 is 0 Å². The number of hydrogen-bond donors (Lipinski definition) is 4. The fraction of sp³-hybridized carbons (Fsp3) is 0.150. The Labute approximate surface area is 171 Å². The maximum atomic E-state index is 12.9. The summed E-state index contributed by atoms with van der Waals surface area (Å²) < 4.78 is 0. The van der Waals surface area contributed by atoms with Crippen LogP contribution < -0.4 is 21.7 Å². The van der Waals surface area contributed by atoms with Crippen molar-refractivity contribution >= 4 is 35.5 Å². The van der Waals surface area contributed by atoms with E-state index >= 15 is 0 Å². The van der Waals surface area contributed by atoms with Gasteiger partial charge in [0, 0.05) is 11.3 Å². The van der Waals surface area contributed by atoms with Gasteiger partial charge in [-0.3, -0.25) is 24.6 Å². The Balaban J connectivity index is 1.68. The fourth-order valence-electron chi connectivity index (χ4n) is 3.01. The molecule has 0 radical (unpaired) electrons. The minimum atomic E-state index is -1.49. The zero-order valence-electron chi connectivity index (χ0n) is 16.0. The molecule has 0 aliphatic carbocycles. The van der Waals surface area contributed by atoms with Crippen LogP contribution in [0.25, 0.3) is 0 Å². The van der Waals surface area contributed by atoms with Crippen molar-refractivity contribution < 1.29 is 24.0 Å². The number of imide groups is 2. The number of nitrogens with one attached hydrogen (secondary N) is 3. The molecule has 154 valence electrons. The van der Waals surface area contributed by atoms with Gasteiger partial charge in [0.1, 0.15) is 12.1 Å². The number of primary amides is 1. The number of urea groups is 2. The average Bonchev–Trinajstić information content (AvgIpc) is 2.92. The summed E-state index contributed by atoms with van der Waals surface area (Å²) in [5, 5.41) is 7.04. The summed E-state index contributed by atoms with van der Waals surface area (Å²) >= 11 is 0. The van der Waals surface area contributed by atoms with Crippen molar-refractivity contribution in [3.63, 3.8) is 0 Å². The highest BCUT2D eigenvalue weighted by Crippen LogP contribution is 2.29. The first-order valence-electron chi connectivity index (χ1n) is 8.91. The van der Waals surface area contributed by atoms with Crippen molar-refractivity contribution in [2.45, 2.75) is 12.5 Å². The Morgan fingerprint density at radius 3 is 2.43 bits per heavy atom. The molecule has 1 fully saturated rings. The smallest absolute Gasteiger partial charge is 0.325 e. The Kier molecular flexibility index (Phi) is 5.50. The Morgan fingerprint density at radius 1 is 1.07 bits per heavy atom. The van der Waals surface area contributed by atoms with Gasteiger partial charge in [-0.1, -0.05) is 30.3 Å². The number of para-hydroxylation sites is 1. The van der Waals surface area contributed by atoms with E-state index < -0.39 is 41.9 Å². The second-order valence-electron chi connectivity index (χ2n) is 6.76. The highest BCUT2D eigenvalue weighted by Gasteiger charge is 2.49.